The maximum atomic E-state index is 13.3. The molecule has 0 aliphatic carbocycles. The number of benzene rings is 2. The number of thiazole rings is 1. The number of rotatable bonds is 7. The van der Waals surface area contributed by atoms with E-state index in [0.717, 1.165) is 11.8 Å². The van der Waals surface area contributed by atoms with Crippen molar-refractivity contribution in [2.75, 3.05) is 18.9 Å². The lowest BCUT2D eigenvalue weighted by Gasteiger charge is -2.15. The summed E-state index contributed by atoms with van der Waals surface area (Å²) < 4.78 is 30.4. The highest BCUT2D eigenvalue weighted by Gasteiger charge is 2.31. The first-order chi connectivity index (χ1) is 17.3. The molecule has 1 saturated heterocycles. The molecule has 0 radical (unpaired) electrons. The van der Waals surface area contributed by atoms with Crippen molar-refractivity contribution in [1.29, 1.82) is 0 Å². The second-order valence-electron chi connectivity index (χ2n) is 8.04. The van der Waals surface area contributed by atoms with Crippen molar-refractivity contribution >= 4 is 28.3 Å². The van der Waals surface area contributed by atoms with E-state index in [1.807, 2.05) is 0 Å². The van der Waals surface area contributed by atoms with Crippen LogP contribution in [0.4, 0.5) is 9.52 Å². The fourth-order valence-electron chi connectivity index (χ4n) is 3.59. The number of aryl methyl sites for hydroxylation is 1. The van der Waals surface area contributed by atoms with Gasteiger partial charge < -0.3 is 18.9 Å². The van der Waals surface area contributed by atoms with Crippen LogP contribution in [0, 0.1) is 12.1 Å². The number of aromatic nitrogens is 3. The van der Waals surface area contributed by atoms with Crippen LogP contribution in [0.25, 0.3) is 11.5 Å². The van der Waals surface area contributed by atoms with Crippen LogP contribution < -0.4 is 14.8 Å². The van der Waals surface area contributed by atoms with Gasteiger partial charge in [0.25, 0.3) is 17.7 Å². The molecule has 2 amide bonds. The minimum Gasteiger partial charge on any atom is -0.480 e. The lowest BCUT2D eigenvalue weighted by Crippen LogP contribution is -2.29. The molecule has 2 aromatic carbocycles. The van der Waals surface area contributed by atoms with Gasteiger partial charge in [0.05, 0.1) is 6.20 Å². The largest absolute Gasteiger partial charge is 0.480 e. The summed E-state index contributed by atoms with van der Waals surface area (Å²) in [6.07, 6.45) is 0.888. The number of carbonyl (C=O) groups excluding carboxylic acids is 2. The van der Waals surface area contributed by atoms with E-state index in [1.165, 1.54) is 12.1 Å². The number of likely N-dealkylation sites (tertiary alicyclic amines) is 1. The average Bonchev–Trinajstić information content (AvgIpc) is 3.56. The van der Waals surface area contributed by atoms with Crippen molar-refractivity contribution in [3.8, 4) is 28.7 Å². The summed E-state index contributed by atoms with van der Waals surface area (Å²) in [6, 6.07) is 11.6. The summed E-state index contributed by atoms with van der Waals surface area (Å²) >= 11 is 0.710. The molecule has 1 aliphatic heterocycles. The van der Waals surface area contributed by atoms with Gasteiger partial charge in [0.15, 0.2) is 22.2 Å². The second-order valence-corrected chi connectivity index (χ2v) is 9.03. The Bertz CT molecular complexity index is 1420. The van der Waals surface area contributed by atoms with Crippen LogP contribution in [0.15, 0.2) is 53.2 Å². The van der Waals surface area contributed by atoms with Crippen molar-refractivity contribution in [2.45, 2.75) is 19.4 Å². The fourth-order valence-corrected chi connectivity index (χ4v) is 4.13. The average molecular weight is 510 g/mol. The van der Waals surface area contributed by atoms with E-state index in [2.05, 4.69) is 20.4 Å². The molecule has 3 heterocycles. The minimum absolute atomic E-state index is 0.116. The molecule has 1 N–H and O–H groups in total. The number of halogens is 1. The van der Waals surface area contributed by atoms with E-state index in [9.17, 15) is 14.0 Å². The van der Waals surface area contributed by atoms with Crippen molar-refractivity contribution < 1.29 is 28.0 Å². The SMILES string of the molecule is Cc1noc(-c2ccc(Oc3cc(OC4CCN(C)C4=O)cc(C(=O)Nc4ncc(F)s4)c3)cc2)n1. The zero-order valence-corrected chi connectivity index (χ0v) is 20.0. The first-order valence-electron chi connectivity index (χ1n) is 10.9. The number of nitrogens with one attached hydrogen (secondary N) is 1. The van der Waals surface area contributed by atoms with Gasteiger partial charge in [-0.15, -0.1) is 0 Å². The maximum absolute atomic E-state index is 13.3. The van der Waals surface area contributed by atoms with Crippen molar-refractivity contribution in [2.24, 2.45) is 0 Å². The van der Waals surface area contributed by atoms with Gasteiger partial charge in [0.2, 0.25) is 0 Å². The van der Waals surface area contributed by atoms with Crippen LogP contribution in [0.2, 0.25) is 0 Å². The van der Waals surface area contributed by atoms with E-state index in [1.54, 1.807) is 49.2 Å². The summed E-state index contributed by atoms with van der Waals surface area (Å²) in [5.74, 6) is 1.32. The van der Waals surface area contributed by atoms with Crippen LogP contribution in [0.5, 0.6) is 17.2 Å². The zero-order valence-electron chi connectivity index (χ0n) is 19.2. The number of ether oxygens (including phenoxy) is 2. The molecule has 0 saturated carbocycles. The van der Waals surface area contributed by atoms with Crippen LogP contribution >= 0.6 is 11.3 Å². The summed E-state index contributed by atoms with van der Waals surface area (Å²) in [5.41, 5.74) is 0.912. The monoisotopic (exact) mass is 509 g/mol. The Morgan fingerprint density at radius 2 is 1.97 bits per heavy atom. The van der Waals surface area contributed by atoms with Crippen molar-refractivity contribution in [3.05, 3.63) is 65.2 Å². The number of hydrogen-bond donors (Lipinski definition) is 1. The Kier molecular flexibility index (Phi) is 6.34. The van der Waals surface area contributed by atoms with Crippen LogP contribution in [0.1, 0.15) is 22.6 Å². The Morgan fingerprint density at radius 3 is 2.61 bits per heavy atom. The Hall–Kier alpha value is -4.32. The normalized spacial score (nSPS) is 15.2. The number of likely N-dealkylation sites (N-methyl/N-ethyl adjacent to an activating group) is 1. The Labute approximate surface area is 208 Å². The minimum atomic E-state index is -0.661. The highest BCUT2D eigenvalue weighted by Crippen LogP contribution is 2.31. The highest BCUT2D eigenvalue weighted by atomic mass is 32.1. The van der Waals surface area contributed by atoms with E-state index < -0.39 is 17.1 Å². The zero-order chi connectivity index (χ0) is 25.2. The van der Waals surface area contributed by atoms with Crippen LogP contribution in [0.3, 0.4) is 0 Å². The lowest BCUT2D eigenvalue weighted by molar-refractivity contribution is -0.132. The number of amides is 2. The summed E-state index contributed by atoms with van der Waals surface area (Å²) in [5, 5.41) is 5.93. The topological polar surface area (TPSA) is 120 Å². The molecule has 10 nitrogen and oxygen atoms in total. The molecule has 184 valence electrons. The first kappa shape index (κ1) is 23.4. The number of hydrogen-bond acceptors (Lipinski definition) is 9. The number of anilines is 1. The van der Waals surface area contributed by atoms with Gasteiger partial charge in [0.1, 0.15) is 17.2 Å². The predicted molar refractivity (Wildman–Crippen MR) is 128 cm³/mol. The third kappa shape index (κ3) is 5.18. The van der Waals surface area contributed by atoms with Gasteiger partial charge in [-0.3, -0.25) is 14.9 Å². The predicted octanol–water partition coefficient (Wildman–Crippen LogP) is 4.29. The Morgan fingerprint density at radius 1 is 1.19 bits per heavy atom. The molecule has 1 atom stereocenters. The van der Waals surface area contributed by atoms with Gasteiger partial charge in [-0.25, -0.2) is 4.98 Å². The van der Waals surface area contributed by atoms with Gasteiger partial charge in [-0.2, -0.15) is 9.37 Å². The van der Waals surface area contributed by atoms with Gasteiger partial charge in [-0.05, 0) is 43.3 Å². The lowest BCUT2D eigenvalue weighted by atomic mass is 10.1. The molecule has 0 bridgehead atoms. The van der Waals surface area contributed by atoms with Crippen LogP contribution in [-0.4, -0.2) is 51.5 Å². The third-order valence-electron chi connectivity index (χ3n) is 5.36. The molecule has 4 aromatic rings. The molecule has 0 spiro atoms. The van der Waals surface area contributed by atoms with Crippen LogP contribution in [-0.2, 0) is 4.79 Å². The summed E-state index contributed by atoms with van der Waals surface area (Å²) in [6.45, 7) is 2.31. The van der Waals surface area contributed by atoms with E-state index in [-0.39, 0.29) is 22.4 Å². The molecular formula is C24H20FN5O5S. The Balaban J connectivity index is 1.40. The summed E-state index contributed by atoms with van der Waals surface area (Å²) in [7, 11) is 1.70. The third-order valence-corrected chi connectivity index (χ3v) is 6.06. The number of carbonyl (C=O) groups is 2. The fraction of sp³-hybridized carbons (Fsp3) is 0.208. The quantitative estimate of drug-likeness (QED) is 0.392. The molecule has 36 heavy (non-hydrogen) atoms. The smallest absolute Gasteiger partial charge is 0.263 e. The van der Waals surface area contributed by atoms with Crippen molar-refractivity contribution in [1.82, 2.24) is 20.0 Å². The standard InChI is InChI=1S/C24H20FN5O5S/c1-13-27-22(35-29-13)14-3-5-16(6-4-14)33-17-9-15(21(31)28-24-26-12-20(25)36-24)10-18(11-17)34-19-7-8-30(2)23(19)32/h3-6,9-12,19H,7-8H2,1-2H3,(H,26,28,31). The number of nitrogens with zero attached hydrogens (tertiary/aromatic N) is 4. The summed E-state index contributed by atoms with van der Waals surface area (Å²) in [4.78, 5) is 34.8. The molecule has 1 unspecified atom stereocenters. The van der Waals surface area contributed by atoms with Gasteiger partial charge >= 0.3 is 0 Å². The van der Waals surface area contributed by atoms with Gasteiger partial charge in [-0.1, -0.05) is 16.5 Å². The molecule has 12 heteroatoms. The molecule has 5 rings (SSSR count). The molecule has 1 aliphatic rings. The van der Waals surface area contributed by atoms with Crippen molar-refractivity contribution in [3.63, 3.8) is 0 Å². The molecule has 1 fully saturated rings. The second kappa shape index (κ2) is 9.74. The highest BCUT2D eigenvalue weighted by molar-refractivity contribution is 7.14. The van der Waals surface area contributed by atoms with E-state index in [0.29, 0.717) is 47.5 Å². The molecular weight excluding hydrogens is 489 g/mol. The molecule has 2 aromatic heterocycles. The van der Waals surface area contributed by atoms with E-state index >= 15 is 0 Å². The first-order valence-corrected chi connectivity index (χ1v) is 11.7. The van der Waals surface area contributed by atoms with E-state index in [4.69, 9.17) is 14.0 Å². The van der Waals surface area contributed by atoms with Gasteiger partial charge in [0, 0.05) is 37.2 Å². The maximum Gasteiger partial charge on any atom is 0.263 e.